The molecule has 0 heterocycles. The number of ketones is 2. The first-order valence-electron chi connectivity index (χ1n) is 9.95. The number of aliphatic imine (C=N–C) groups is 2. The Labute approximate surface area is 177 Å². The van der Waals surface area contributed by atoms with Crippen molar-refractivity contribution in [1.82, 2.24) is 0 Å². The van der Waals surface area contributed by atoms with Gasteiger partial charge in [-0.05, 0) is 35.5 Å². The zero-order chi connectivity index (χ0) is 20.6. The van der Waals surface area contributed by atoms with Gasteiger partial charge in [-0.15, -0.1) is 0 Å². The van der Waals surface area contributed by atoms with Gasteiger partial charge in [-0.25, -0.2) is 0 Å². The molecule has 0 aliphatic carbocycles. The van der Waals surface area contributed by atoms with Crippen LogP contribution in [0.2, 0.25) is 0 Å². The van der Waals surface area contributed by atoms with Crippen molar-refractivity contribution in [2.75, 3.05) is 24.6 Å². The van der Waals surface area contributed by atoms with Gasteiger partial charge >= 0.3 is 0 Å². The largest absolute Gasteiger partial charge is 0.298 e. The number of rotatable bonds is 14. The van der Waals surface area contributed by atoms with Crippen molar-refractivity contribution in [2.45, 2.75) is 25.7 Å². The molecule has 0 aliphatic heterocycles. The molecule has 0 saturated heterocycles. The summed E-state index contributed by atoms with van der Waals surface area (Å²) in [6.45, 7) is 0.495. The fraction of sp³-hybridized carbons (Fsp3) is 0.333. The van der Waals surface area contributed by atoms with Crippen LogP contribution >= 0.6 is 11.8 Å². The van der Waals surface area contributed by atoms with Crippen LogP contribution in [0.1, 0.15) is 36.8 Å². The van der Waals surface area contributed by atoms with Crippen molar-refractivity contribution in [1.29, 1.82) is 0 Å². The SMILES string of the molecule is O=C(CCCSCCCC(=O)CN=Cc1ccccc1)CN=Cc1ccccc1. The molecular weight excluding hydrogens is 380 g/mol. The molecule has 152 valence electrons. The summed E-state index contributed by atoms with van der Waals surface area (Å²) in [5.41, 5.74) is 2.02. The highest BCUT2D eigenvalue weighted by Crippen LogP contribution is 2.09. The molecule has 0 saturated carbocycles. The van der Waals surface area contributed by atoms with Crippen LogP contribution in [0.5, 0.6) is 0 Å². The van der Waals surface area contributed by atoms with E-state index in [4.69, 9.17) is 0 Å². The molecule has 0 unspecified atom stereocenters. The average molecular weight is 409 g/mol. The van der Waals surface area contributed by atoms with Gasteiger partial charge in [-0.1, -0.05) is 60.7 Å². The molecule has 0 bridgehead atoms. The number of hydrogen-bond donors (Lipinski definition) is 0. The Bertz CT molecular complexity index is 722. The molecule has 5 heteroatoms. The quantitative estimate of drug-likeness (QED) is 0.337. The Kier molecular flexibility index (Phi) is 11.4. The number of benzene rings is 2. The van der Waals surface area contributed by atoms with Gasteiger partial charge in [0.2, 0.25) is 0 Å². The lowest BCUT2D eigenvalue weighted by Gasteiger charge is -2.01. The van der Waals surface area contributed by atoms with E-state index in [1.165, 1.54) is 0 Å². The number of thioether (sulfide) groups is 1. The van der Waals surface area contributed by atoms with Crippen molar-refractivity contribution in [3.8, 4) is 0 Å². The van der Waals surface area contributed by atoms with Gasteiger partial charge in [0.1, 0.15) is 0 Å². The molecule has 0 aromatic heterocycles. The average Bonchev–Trinajstić information content (AvgIpc) is 2.74. The molecule has 29 heavy (non-hydrogen) atoms. The maximum atomic E-state index is 11.8. The zero-order valence-electron chi connectivity index (χ0n) is 16.7. The molecule has 2 aromatic carbocycles. The van der Waals surface area contributed by atoms with Gasteiger partial charge in [-0.3, -0.25) is 19.6 Å². The number of Topliss-reactive ketones (excluding diaryl/α,β-unsaturated/α-hetero) is 2. The van der Waals surface area contributed by atoms with E-state index >= 15 is 0 Å². The minimum absolute atomic E-state index is 0.171. The summed E-state index contributed by atoms with van der Waals surface area (Å²) in [5.74, 6) is 2.22. The van der Waals surface area contributed by atoms with Crippen LogP contribution < -0.4 is 0 Å². The van der Waals surface area contributed by atoms with Crippen molar-refractivity contribution < 1.29 is 9.59 Å². The highest BCUT2D eigenvalue weighted by Gasteiger charge is 2.02. The van der Waals surface area contributed by atoms with Gasteiger partial charge in [0, 0.05) is 25.3 Å². The standard InChI is InChI=1S/C24H28N2O2S/c27-23(19-25-17-21-9-3-1-4-10-21)13-7-15-29-16-8-14-24(28)20-26-18-22-11-5-2-6-12-22/h1-6,9-12,17-18H,7-8,13-16,19-20H2. The van der Waals surface area contributed by atoms with Gasteiger partial charge < -0.3 is 0 Å². The minimum atomic E-state index is 0.171. The second kappa shape index (κ2) is 14.5. The summed E-state index contributed by atoms with van der Waals surface area (Å²) in [6, 6.07) is 19.6. The third kappa shape index (κ3) is 11.2. The Morgan fingerprint density at radius 2 is 1.10 bits per heavy atom. The van der Waals surface area contributed by atoms with E-state index in [0.29, 0.717) is 12.8 Å². The molecule has 0 spiro atoms. The van der Waals surface area contributed by atoms with E-state index < -0.39 is 0 Å². The molecule has 0 fully saturated rings. The second-order valence-electron chi connectivity index (χ2n) is 6.66. The molecule has 0 radical (unpaired) electrons. The van der Waals surface area contributed by atoms with Crippen LogP contribution in [0.4, 0.5) is 0 Å². The number of carbonyl (C=O) groups excluding carboxylic acids is 2. The van der Waals surface area contributed by atoms with Gasteiger partial charge in [0.05, 0.1) is 13.1 Å². The topological polar surface area (TPSA) is 58.9 Å². The zero-order valence-corrected chi connectivity index (χ0v) is 17.5. The van der Waals surface area contributed by atoms with Crippen molar-refractivity contribution in [3.63, 3.8) is 0 Å². The lowest BCUT2D eigenvalue weighted by atomic mass is 10.2. The molecule has 2 aromatic rings. The van der Waals surface area contributed by atoms with Gasteiger partial charge in [-0.2, -0.15) is 11.8 Å². The Morgan fingerprint density at radius 3 is 1.52 bits per heavy atom. The maximum Gasteiger partial charge on any atom is 0.154 e. The second-order valence-corrected chi connectivity index (χ2v) is 7.88. The van der Waals surface area contributed by atoms with Crippen molar-refractivity contribution in [2.24, 2.45) is 9.98 Å². The molecular formula is C24H28N2O2S. The van der Waals surface area contributed by atoms with Gasteiger partial charge in [0.25, 0.3) is 0 Å². The van der Waals surface area contributed by atoms with Crippen molar-refractivity contribution >= 4 is 35.8 Å². The molecule has 0 amide bonds. The third-order valence-electron chi connectivity index (χ3n) is 4.10. The van der Waals surface area contributed by atoms with E-state index in [0.717, 1.165) is 35.5 Å². The predicted octanol–water partition coefficient (Wildman–Crippen LogP) is 4.66. The summed E-state index contributed by atoms with van der Waals surface area (Å²) in [4.78, 5) is 32.1. The molecule has 4 nitrogen and oxygen atoms in total. The maximum absolute atomic E-state index is 11.8. The number of carbonyl (C=O) groups is 2. The molecule has 0 atom stereocenters. The lowest BCUT2D eigenvalue weighted by molar-refractivity contribution is -0.118. The number of nitrogens with zero attached hydrogens (tertiary/aromatic N) is 2. The predicted molar refractivity (Wildman–Crippen MR) is 124 cm³/mol. The minimum Gasteiger partial charge on any atom is -0.298 e. The Balaban J connectivity index is 1.44. The van der Waals surface area contributed by atoms with Crippen molar-refractivity contribution in [3.05, 3.63) is 71.8 Å². The smallest absolute Gasteiger partial charge is 0.154 e. The molecule has 0 N–H and O–H groups in total. The molecule has 0 aliphatic rings. The van der Waals surface area contributed by atoms with Crippen LogP contribution in [0.15, 0.2) is 70.6 Å². The van der Waals surface area contributed by atoms with Gasteiger partial charge in [0.15, 0.2) is 11.6 Å². The van der Waals surface area contributed by atoms with Crippen LogP contribution in [-0.4, -0.2) is 48.6 Å². The highest BCUT2D eigenvalue weighted by molar-refractivity contribution is 7.99. The summed E-state index contributed by atoms with van der Waals surface area (Å²) >= 11 is 1.80. The third-order valence-corrected chi connectivity index (χ3v) is 5.26. The van der Waals surface area contributed by atoms with Crippen LogP contribution in [0.3, 0.4) is 0 Å². The van der Waals surface area contributed by atoms with Crippen LogP contribution in [-0.2, 0) is 9.59 Å². The lowest BCUT2D eigenvalue weighted by Crippen LogP contribution is -2.04. The first-order valence-corrected chi connectivity index (χ1v) is 11.1. The Hall–Kier alpha value is -2.53. The van der Waals surface area contributed by atoms with E-state index in [1.54, 1.807) is 24.2 Å². The number of hydrogen-bond acceptors (Lipinski definition) is 5. The van der Waals surface area contributed by atoms with Crippen LogP contribution in [0, 0.1) is 0 Å². The van der Waals surface area contributed by atoms with E-state index in [1.807, 2.05) is 60.7 Å². The first-order chi connectivity index (χ1) is 14.2. The fourth-order valence-electron chi connectivity index (χ4n) is 2.59. The van der Waals surface area contributed by atoms with Crippen LogP contribution in [0.25, 0.3) is 0 Å². The summed E-state index contributed by atoms with van der Waals surface area (Å²) < 4.78 is 0. The normalized spacial score (nSPS) is 11.3. The Morgan fingerprint density at radius 1 is 0.690 bits per heavy atom. The summed E-state index contributed by atoms with van der Waals surface area (Å²) in [7, 11) is 0. The monoisotopic (exact) mass is 408 g/mol. The summed E-state index contributed by atoms with van der Waals surface area (Å²) in [5, 5.41) is 0. The highest BCUT2D eigenvalue weighted by atomic mass is 32.2. The fourth-order valence-corrected chi connectivity index (χ4v) is 3.49. The van der Waals surface area contributed by atoms with E-state index in [-0.39, 0.29) is 24.7 Å². The summed E-state index contributed by atoms with van der Waals surface area (Å²) in [6.07, 6.45) is 6.33. The first kappa shape index (κ1) is 22.8. The molecule has 2 rings (SSSR count). The van der Waals surface area contributed by atoms with E-state index in [9.17, 15) is 9.59 Å². The van der Waals surface area contributed by atoms with E-state index in [2.05, 4.69) is 9.98 Å².